The van der Waals surface area contributed by atoms with Gasteiger partial charge in [-0.3, -0.25) is 5.43 Å². The molecule has 1 aromatic heterocycles. The first kappa shape index (κ1) is 15.2. The molecular formula is C17H22FN3O. The van der Waals surface area contributed by atoms with Gasteiger partial charge in [-0.15, -0.1) is 0 Å². The molecule has 2 aromatic rings. The Morgan fingerprint density at radius 3 is 2.91 bits per heavy atom. The van der Waals surface area contributed by atoms with Gasteiger partial charge in [-0.25, -0.2) is 9.82 Å². The monoisotopic (exact) mass is 303 g/mol. The molecule has 1 aliphatic rings. The third-order valence-electron chi connectivity index (χ3n) is 4.10. The van der Waals surface area contributed by atoms with Gasteiger partial charge in [-0.2, -0.15) is 0 Å². The first-order valence-corrected chi connectivity index (χ1v) is 7.73. The Hall–Kier alpha value is -1.69. The molecule has 0 amide bonds. The molecule has 3 rings (SSSR count). The lowest BCUT2D eigenvalue weighted by Gasteiger charge is -2.17. The fraction of sp³-hybridized carbons (Fsp3) is 0.412. The van der Waals surface area contributed by atoms with E-state index in [9.17, 15) is 4.39 Å². The molecule has 0 spiro atoms. The third-order valence-corrected chi connectivity index (χ3v) is 4.10. The van der Waals surface area contributed by atoms with Crippen molar-refractivity contribution < 1.29 is 8.81 Å². The molecule has 3 N–H and O–H groups in total. The molecule has 1 fully saturated rings. The van der Waals surface area contributed by atoms with Crippen LogP contribution in [0.1, 0.15) is 23.1 Å². The van der Waals surface area contributed by atoms with Crippen molar-refractivity contribution in [3.8, 4) is 0 Å². The molecule has 2 unspecified atom stereocenters. The van der Waals surface area contributed by atoms with E-state index in [1.165, 1.54) is 6.07 Å². The van der Waals surface area contributed by atoms with Crippen LogP contribution in [0.2, 0.25) is 0 Å². The number of hydrogen-bond acceptors (Lipinski definition) is 4. The van der Waals surface area contributed by atoms with E-state index in [1.807, 2.05) is 31.2 Å². The van der Waals surface area contributed by atoms with E-state index < -0.39 is 0 Å². The molecule has 0 radical (unpaired) electrons. The quantitative estimate of drug-likeness (QED) is 0.717. The summed E-state index contributed by atoms with van der Waals surface area (Å²) in [7, 11) is 0. The van der Waals surface area contributed by atoms with Crippen molar-refractivity contribution in [3.63, 3.8) is 0 Å². The van der Waals surface area contributed by atoms with Gasteiger partial charge in [0.2, 0.25) is 0 Å². The van der Waals surface area contributed by atoms with E-state index in [0.717, 1.165) is 36.7 Å². The summed E-state index contributed by atoms with van der Waals surface area (Å²) in [6.07, 6.45) is 0.699. The average Bonchev–Trinajstić information content (AvgIpc) is 3.14. The summed E-state index contributed by atoms with van der Waals surface area (Å²) in [6.45, 7) is 4.46. The molecule has 0 saturated carbocycles. The highest BCUT2D eigenvalue weighted by molar-refractivity contribution is 5.17. The summed E-state index contributed by atoms with van der Waals surface area (Å²) in [5.41, 5.74) is 7.21. The van der Waals surface area contributed by atoms with Crippen LogP contribution >= 0.6 is 0 Å². The zero-order chi connectivity index (χ0) is 15.4. The van der Waals surface area contributed by atoms with Crippen molar-refractivity contribution in [2.24, 2.45) is 5.92 Å². The lowest BCUT2D eigenvalue weighted by molar-refractivity contribution is 0.361. The second kappa shape index (κ2) is 7.05. The minimum Gasteiger partial charge on any atom is -0.465 e. The number of nitrogens with one attached hydrogen (secondary N) is 3. The number of aryl methyl sites for hydroxylation is 1. The number of benzene rings is 1. The van der Waals surface area contributed by atoms with Crippen molar-refractivity contribution in [2.75, 3.05) is 19.6 Å². The molecule has 0 bridgehead atoms. The molecule has 1 aliphatic heterocycles. The molecule has 118 valence electrons. The van der Waals surface area contributed by atoms with Gasteiger partial charge in [0.25, 0.3) is 0 Å². The van der Waals surface area contributed by atoms with Gasteiger partial charge in [0.15, 0.2) is 0 Å². The number of hydrazine groups is 1. The van der Waals surface area contributed by atoms with Crippen molar-refractivity contribution >= 4 is 0 Å². The molecular weight excluding hydrogens is 281 g/mol. The summed E-state index contributed by atoms with van der Waals surface area (Å²) in [6, 6.07) is 11.1. The molecule has 1 saturated heterocycles. The van der Waals surface area contributed by atoms with Crippen molar-refractivity contribution in [3.05, 3.63) is 59.3 Å². The molecule has 22 heavy (non-hydrogen) atoms. The number of halogens is 1. The van der Waals surface area contributed by atoms with Crippen molar-refractivity contribution in [2.45, 2.75) is 19.4 Å². The van der Waals surface area contributed by atoms with Crippen LogP contribution in [-0.2, 0) is 6.42 Å². The van der Waals surface area contributed by atoms with Crippen LogP contribution in [-0.4, -0.2) is 19.6 Å². The lowest BCUT2D eigenvalue weighted by Crippen LogP contribution is -2.29. The Labute approximate surface area is 130 Å². The Morgan fingerprint density at radius 1 is 1.27 bits per heavy atom. The standard InChI is InChI=1S/C17H22FN3O/c1-12-6-7-16(22-12)17-14(11-20-21-17)10-19-9-8-13-4-2-3-5-15(13)18/h2-7,14,17,19-21H,8-11H2,1H3. The minimum absolute atomic E-state index is 0.127. The van der Waals surface area contributed by atoms with Crippen LogP contribution in [0.4, 0.5) is 4.39 Å². The molecule has 1 aromatic carbocycles. The molecule has 5 heteroatoms. The largest absolute Gasteiger partial charge is 0.465 e. The van der Waals surface area contributed by atoms with Crippen LogP contribution in [0.3, 0.4) is 0 Å². The summed E-state index contributed by atoms with van der Waals surface area (Å²) in [4.78, 5) is 0. The van der Waals surface area contributed by atoms with Gasteiger partial charge in [-0.1, -0.05) is 18.2 Å². The first-order valence-electron chi connectivity index (χ1n) is 7.73. The predicted octanol–water partition coefficient (Wildman–Crippen LogP) is 2.32. The highest BCUT2D eigenvalue weighted by Crippen LogP contribution is 2.25. The first-order chi connectivity index (χ1) is 10.7. The fourth-order valence-corrected chi connectivity index (χ4v) is 2.86. The zero-order valence-electron chi connectivity index (χ0n) is 12.7. The Bertz CT molecular complexity index is 613. The normalized spacial score (nSPS) is 21.4. The summed E-state index contributed by atoms with van der Waals surface area (Å²) in [5, 5.41) is 3.42. The maximum absolute atomic E-state index is 13.5. The van der Waals surface area contributed by atoms with Gasteiger partial charge in [0, 0.05) is 19.0 Å². The van der Waals surface area contributed by atoms with E-state index in [4.69, 9.17) is 4.42 Å². The van der Waals surface area contributed by atoms with Crippen LogP contribution in [0.25, 0.3) is 0 Å². The zero-order valence-corrected chi connectivity index (χ0v) is 12.7. The van der Waals surface area contributed by atoms with Crippen molar-refractivity contribution in [1.82, 2.24) is 16.2 Å². The number of hydrogen-bond donors (Lipinski definition) is 3. The van der Waals surface area contributed by atoms with Gasteiger partial charge >= 0.3 is 0 Å². The van der Waals surface area contributed by atoms with E-state index >= 15 is 0 Å². The lowest BCUT2D eigenvalue weighted by atomic mass is 10.00. The topological polar surface area (TPSA) is 49.2 Å². The van der Waals surface area contributed by atoms with E-state index in [2.05, 4.69) is 16.2 Å². The molecule has 2 heterocycles. The molecule has 2 atom stereocenters. The maximum atomic E-state index is 13.5. The second-order valence-corrected chi connectivity index (χ2v) is 5.76. The van der Waals surface area contributed by atoms with E-state index in [0.29, 0.717) is 12.3 Å². The number of furan rings is 1. The minimum atomic E-state index is -0.127. The molecule has 4 nitrogen and oxygen atoms in total. The van der Waals surface area contributed by atoms with Gasteiger partial charge in [0.05, 0.1) is 6.04 Å². The number of rotatable bonds is 6. The predicted molar refractivity (Wildman–Crippen MR) is 83.8 cm³/mol. The van der Waals surface area contributed by atoms with Crippen LogP contribution < -0.4 is 16.2 Å². The third kappa shape index (κ3) is 3.55. The van der Waals surface area contributed by atoms with E-state index in [-0.39, 0.29) is 11.9 Å². The highest BCUT2D eigenvalue weighted by atomic mass is 19.1. The Balaban J connectivity index is 1.48. The van der Waals surface area contributed by atoms with Crippen LogP contribution in [0, 0.1) is 18.7 Å². The molecule has 0 aliphatic carbocycles. The summed E-state index contributed by atoms with van der Waals surface area (Å²) in [5.74, 6) is 2.17. The maximum Gasteiger partial charge on any atom is 0.126 e. The van der Waals surface area contributed by atoms with Gasteiger partial charge < -0.3 is 9.73 Å². The Morgan fingerprint density at radius 2 is 2.14 bits per heavy atom. The van der Waals surface area contributed by atoms with Crippen LogP contribution in [0.15, 0.2) is 40.8 Å². The summed E-state index contributed by atoms with van der Waals surface area (Å²) < 4.78 is 19.3. The smallest absolute Gasteiger partial charge is 0.126 e. The van der Waals surface area contributed by atoms with Crippen molar-refractivity contribution in [1.29, 1.82) is 0 Å². The Kier molecular flexibility index (Phi) is 4.87. The van der Waals surface area contributed by atoms with Gasteiger partial charge in [0.1, 0.15) is 17.3 Å². The fourth-order valence-electron chi connectivity index (χ4n) is 2.86. The van der Waals surface area contributed by atoms with E-state index in [1.54, 1.807) is 6.07 Å². The average molecular weight is 303 g/mol. The SMILES string of the molecule is Cc1ccc(C2NNCC2CNCCc2ccccc2F)o1. The highest BCUT2D eigenvalue weighted by Gasteiger charge is 2.29. The van der Waals surface area contributed by atoms with Crippen LogP contribution in [0.5, 0.6) is 0 Å². The summed E-state index contributed by atoms with van der Waals surface area (Å²) >= 11 is 0. The second-order valence-electron chi connectivity index (χ2n) is 5.76. The van der Waals surface area contributed by atoms with Gasteiger partial charge in [-0.05, 0) is 43.7 Å².